The molecule has 2 atom stereocenters. The maximum absolute atomic E-state index is 10.0. The van der Waals surface area contributed by atoms with Gasteiger partial charge in [0.1, 0.15) is 0 Å². The summed E-state index contributed by atoms with van der Waals surface area (Å²) in [5, 5.41) is 10.0. The van der Waals surface area contributed by atoms with E-state index < -0.39 is 0 Å². The summed E-state index contributed by atoms with van der Waals surface area (Å²) in [7, 11) is 1.74. The van der Waals surface area contributed by atoms with Gasteiger partial charge in [-0.3, -0.25) is 4.90 Å². The molecule has 0 aliphatic carbocycles. The molecule has 1 aliphatic rings. The molecule has 1 N–H and O–H groups in total. The van der Waals surface area contributed by atoms with Gasteiger partial charge in [-0.15, -0.1) is 0 Å². The van der Waals surface area contributed by atoms with Crippen molar-refractivity contribution in [2.75, 3.05) is 40.0 Å². The second-order valence-corrected chi connectivity index (χ2v) is 5.15. The van der Waals surface area contributed by atoms with Gasteiger partial charge in [0.25, 0.3) is 0 Å². The zero-order chi connectivity index (χ0) is 13.4. The third-order valence-corrected chi connectivity index (χ3v) is 3.94. The molecule has 18 heavy (non-hydrogen) atoms. The first kappa shape index (κ1) is 15.9. The number of hydrogen-bond acceptors (Lipinski definition) is 4. The number of hydrogen-bond donors (Lipinski definition) is 1. The van der Waals surface area contributed by atoms with E-state index in [1.54, 1.807) is 7.11 Å². The molecule has 1 heterocycles. The molecule has 0 amide bonds. The van der Waals surface area contributed by atoms with Crippen LogP contribution in [0.2, 0.25) is 0 Å². The highest BCUT2D eigenvalue weighted by atomic mass is 16.5. The summed E-state index contributed by atoms with van der Waals surface area (Å²) in [5.41, 5.74) is 0. The molecule has 2 unspecified atom stereocenters. The van der Waals surface area contributed by atoms with Gasteiger partial charge in [0.15, 0.2) is 0 Å². The van der Waals surface area contributed by atoms with Crippen LogP contribution in [-0.4, -0.2) is 62.2 Å². The minimum absolute atomic E-state index is 0.210. The summed E-state index contributed by atoms with van der Waals surface area (Å²) < 4.78 is 10.7. The number of aliphatic hydroxyl groups excluding tert-OH is 1. The molecule has 0 aromatic rings. The standard InChI is InChI=1S/C14H29NO3/c1-4-13(5-2)15(7-9-17-3)10-12-11-18-8-6-14(12)16/h12-14,16H,4-11H2,1-3H3. The Labute approximate surface area is 111 Å². The normalized spacial score (nSPS) is 25.0. The van der Waals surface area contributed by atoms with E-state index in [1.807, 2.05) is 0 Å². The zero-order valence-corrected chi connectivity index (χ0v) is 12.1. The van der Waals surface area contributed by atoms with Gasteiger partial charge in [0.2, 0.25) is 0 Å². The number of aliphatic hydroxyl groups is 1. The highest BCUT2D eigenvalue weighted by Gasteiger charge is 2.27. The van der Waals surface area contributed by atoms with Crippen molar-refractivity contribution in [1.82, 2.24) is 4.90 Å². The lowest BCUT2D eigenvalue weighted by Gasteiger charge is -2.36. The predicted octanol–water partition coefficient (Wildman–Crippen LogP) is 1.52. The summed E-state index contributed by atoms with van der Waals surface area (Å²) in [5.74, 6) is 0.246. The molecule has 0 saturated carbocycles. The Bertz CT molecular complexity index is 209. The van der Waals surface area contributed by atoms with Crippen LogP contribution in [0.25, 0.3) is 0 Å². The number of ether oxygens (including phenoxy) is 2. The lowest BCUT2D eigenvalue weighted by Crippen LogP contribution is -2.45. The SMILES string of the molecule is CCC(CC)N(CCOC)CC1COCCC1O. The lowest BCUT2D eigenvalue weighted by molar-refractivity contribution is -0.0529. The number of rotatable bonds is 8. The average Bonchev–Trinajstić information content (AvgIpc) is 2.39. The Balaban J connectivity index is 2.52. The van der Waals surface area contributed by atoms with E-state index in [2.05, 4.69) is 18.7 Å². The Morgan fingerprint density at radius 1 is 1.39 bits per heavy atom. The highest BCUT2D eigenvalue weighted by molar-refractivity contribution is 4.79. The van der Waals surface area contributed by atoms with E-state index in [9.17, 15) is 5.11 Å². The summed E-state index contributed by atoms with van der Waals surface area (Å²) in [6.45, 7) is 8.43. The molecular formula is C14H29NO3. The van der Waals surface area contributed by atoms with E-state index in [0.29, 0.717) is 19.3 Å². The highest BCUT2D eigenvalue weighted by Crippen LogP contribution is 2.19. The van der Waals surface area contributed by atoms with E-state index >= 15 is 0 Å². The topological polar surface area (TPSA) is 41.9 Å². The van der Waals surface area contributed by atoms with Crippen LogP contribution < -0.4 is 0 Å². The minimum atomic E-state index is -0.210. The predicted molar refractivity (Wildman–Crippen MR) is 72.8 cm³/mol. The summed E-state index contributed by atoms with van der Waals surface area (Å²) >= 11 is 0. The molecule has 108 valence electrons. The third kappa shape index (κ3) is 4.84. The van der Waals surface area contributed by atoms with Gasteiger partial charge in [-0.2, -0.15) is 0 Å². The van der Waals surface area contributed by atoms with Gasteiger partial charge >= 0.3 is 0 Å². The van der Waals surface area contributed by atoms with Crippen molar-refractivity contribution in [2.45, 2.75) is 45.3 Å². The first-order chi connectivity index (χ1) is 8.72. The van der Waals surface area contributed by atoms with Crippen LogP contribution >= 0.6 is 0 Å². The molecule has 0 radical (unpaired) electrons. The summed E-state index contributed by atoms with van der Waals surface area (Å²) in [6.07, 6.45) is 2.84. The van der Waals surface area contributed by atoms with Gasteiger partial charge in [-0.25, -0.2) is 0 Å². The zero-order valence-electron chi connectivity index (χ0n) is 12.1. The van der Waals surface area contributed by atoms with Crippen molar-refractivity contribution in [3.63, 3.8) is 0 Å². The van der Waals surface area contributed by atoms with Crippen LogP contribution in [0.4, 0.5) is 0 Å². The molecule has 0 aromatic heterocycles. The van der Waals surface area contributed by atoms with Crippen LogP contribution in [0.5, 0.6) is 0 Å². The molecule has 1 saturated heterocycles. The molecule has 1 fully saturated rings. The minimum Gasteiger partial charge on any atom is -0.393 e. The van der Waals surface area contributed by atoms with E-state index in [-0.39, 0.29) is 12.0 Å². The van der Waals surface area contributed by atoms with Gasteiger partial charge in [-0.1, -0.05) is 13.8 Å². The third-order valence-electron chi connectivity index (χ3n) is 3.94. The molecular weight excluding hydrogens is 230 g/mol. The molecule has 1 aliphatic heterocycles. The molecule has 4 heteroatoms. The monoisotopic (exact) mass is 259 g/mol. The lowest BCUT2D eigenvalue weighted by atomic mass is 9.96. The van der Waals surface area contributed by atoms with E-state index in [1.165, 1.54) is 0 Å². The molecule has 4 nitrogen and oxygen atoms in total. The first-order valence-corrected chi connectivity index (χ1v) is 7.21. The van der Waals surface area contributed by atoms with Gasteiger partial charge in [0, 0.05) is 38.8 Å². The second kappa shape index (κ2) is 8.86. The van der Waals surface area contributed by atoms with Crippen molar-refractivity contribution in [1.29, 1.82) is 0 Å². The largest absolute Gasteiger partial charge is 0.393 e. The van der Waals surface area contributed by atoms with Crippen LogP contribution in [0, 0.1) is 5.92 Å². The van der Waals surface area contributed by atoms with Crippen LogP contribution in [-0.2, 0) is 9.47 Å². The summed E-state index contributed by atoms with van der Waals surface area (Å²) in [4.78, 5) is 2.45. The summed E-state index contributed by atoms with van der Waals surface area (Å²) in [6, 6.07) is 0.578. The van der Waals surface area contributed by atoms with E-state index in [4.69, 9.17) is 9.47 Å². The molecule has 0 bridgehead atoms. The van der Waals surface area contributed by atoms with Gasteiger partial charge < -0.3 is 14.6 Å². The van der Waals surface area contributed by atoms with Crippen LogP contribution in [0.3, 0.4) is 0 Å². The fourth-order valence-electron chi connectivity index (χ4n) is 2.70. The molecule has 1 rings (SSSR count). The van der Waals surface area contributed by atoms with Crippen molar-refractivity contribution in [3.8, 4) is 0 Å². The maximum Gasteiger partial charge on any atom is 0.0624 e. The number of nitrogens with zero attached hydrogens (tertiary/aromatic N) is 1. The quantitative estimate of drug-likeness (QED) is 0.717. The van der Waals surface area contributed by atoms with Crippen molar-refractivity contribution in [3.05, 3.63) is 0 Å². The van der Waals surface area contributed by atoms with Crippen LogP contribution in [0.1, 0.15) is 33.1 Å². The fraction of sp³-hybridized carbons (Fsp3) is 1.00. The average molecular weight is 259 g/mol. The number of methoxy groups -OCH3 is 1. The van der Waals surface area contributed by atoms with E-state index in [0.717, 1.165) is 39.0 Å². The van der Waals surface area contributed by atoms with Crippen molar-refractivity contribution >= 4 is 0 Å². The Kier molecular flexibility index (Phi) is 7.82. The first-order valence-electron chi connectivity index (χ1n) is 7.21. The smallest absolute Gasteiger partial charge is 0.0624 e. The Hall–Kier alpha value is -0.160. The van der Waals surface area contributed by atoms with Crippen LogP contribution in [0.15, 0.2) is 0 Å². The maximum atomic E-state index is 10.0. The Morgan fingerprint density at radius 2 is 2.11 bits per heavy atom. The Morgan fingerprint density at radius 3 is 2.67 bits per heavy atom. The fourth-order valence-corrected chi connectivity index (χ4v) is 2.70. The van der Waals surface area contributed by atoms with Gasteiger partial charge in [0.05, 0.1) is 19.3 Å². The molecule has 0 spiro atoms. The van der Waals surface area contributed by atoms with Crippen molar-refractivity contribution in [2.24, 2.45) is 5.92 Å². The van der Waals surface area contributed by atoms with Crippen molar-refractivity contribution < 1.29 is 14.6 Å². The van der Waals surface area contributed by atoms with Gasteiger partial charge in [-0.05, 0) is 19.3 Å². The second-order valence-electron chi connectivity index (χ2n) is 5.15. The molecule has 0 aromatic carbocycles.